The molecule has 1 unspecified atom stereocenters. The van der Waals surface area contributed by atoms with Crippen LogP contribution in [0.2, 0.25) is 0 Å². The van der Waals surface area contributed by atoms with Crippen molar-refractivity contribution in [1.29, 1.82) is 0 Å². The summed E-state index contributed by atoms with van der Waals surface area (Å²) in [4.78, 5) is 16.5. The number of aromatic nitrogens is 1. The number of thiazole rings is 1. The Bertz CT molecular complexity index is 723. The van der Waals surface area contributed by atoms with Gasteiger partial charge in [-0.1, -0.05) is 26.0 Å². The SMILES string of the molecule is CC(C)CCC(C)NC(=O)Cc1csc(-c2ccc(C(F)(F)F)cc2)n1. The molecule has 0 radical (unpaired) electrons. The van der Waals surface area contributed by atoms with Crippen molar-refractivity contribution in [2.75, 3.05) is 0 Å². The Morgan fingerprint density at radius 2 is 1.81 bits per heavy atom. The maximum absolute atomic E-state index is 12.6. The van der Waals surface area contributed by atoms with Crippen molar-refractivity contribution >= 4 is 17.2 Å². The number of carbonyl (C=O) groups is 1. The van der Waals surface area contributed by atoms with Crippen molar-refractivity contribution in [3.8, 4) is 10.6 Å². The van der Waals surface area contributed by atoms with Crippen molar-refractivity contribution in [3.05, 3.63) is 40.9 Å². The summed E-state index contributed by atoms with van der Waals surface area (Å²) in [6, 6.07) is 5.00. The molecule has 3 nitrogen and oxygen atoms in total. The van der Waals surface area contributed by atoms with Gasteiger partial charge in [0.15, 0.2) is 0 Å². The molecular formula is C19H23F3N2OS. The summed E-state index contributed by atoms with van der Waals surface area (Å²) in [5.41, 5.74) is 0.547. The Balaban J connectivity index is 1.94. The molecule has 0 fully saturated rings. The predicted molar refractivity (Wildman–Crippen MR) is 97.9 cm³/mol. The van der Waals surface area contributed by atoms with E-state index in [0.717, 1.165) is 25.0 Å². The van der Waals surface area contributed by atoms with Crippen LogP contribution in [0.4, 0.5) is 13.2 Å². The Kier molecular flexibility index (Phi) is 6.81. The van der Waals surface area contributed by atoms with Crippen LogP contribution in [0.3, 0.4) is 0 Å². The minimum absolute atomic E-state index is 0.0921. The van der Waals surface area contributed by atoms with Crippen LogP contribution in [-0.2, 0) is 17.4 Å². The number of nitrogens with zero attached hydrogens (tertiary/aromatic N) is 1. The third-order valence-electron chi connectivity index (χ3n) is 3.94. The monoisotopic (exact) mass is 384 g/mol. The number of carbonyl (C=O) groups excluding carboxylic acids is 1. The molecule has 1 heterocycles. The summed E-state index contributed by atoms with van der Waals surface area (Å²) in [5.74, 6) is 0.504. The molecule has 1 aromatic carbocycles. The van der Waals surface area contributed by atoms with Gasteiger partial charge in [0.05, 0.1) is 17.7 Å². The van der Waals surface area contributed by atoms with Crippen LogP contribution >= 0.6 is 11.3 Å². The van der Waals surface area contributed by atoms with Gasteiger partial charge in [-0.3, -0.25) is 4.79 Å². The highest BCUT2D eigenvalue weighted by molar-refractivity contribution is 7.13. The second-order valence-corrected chi connectivity index (χ2v) is 7.69. The Morgan fingerprint density at radius 3 is 2.38 bits per heavy atom. The molecule has 1 N–H and O–H groups in total. The van der Waals surface area contributed by atoms with Gasteiger partial charge in [0, 0.05) is 17.0 Å². The van der Waals surface area contributed by atoms with Crippen LogP contribution < -0.4 is 5.32 Å². The predicted octanol–water partition coefficient (Wildman–Crippen LogP) is 5.31. The topological polar surface area (TPSA) is 42.0 Å². The summed E-state index contributed by atoms with van der Waals surface area (Å²) in [5, 5.41) is 5.33. The average molecular weight is 384 g/mol. The van der Waals surface area contributed by atoms with Gasteiger partial charge in [0.1, 0.15) is 5.01 Å². The van der Waals surface area contributed by atoms with Crippen molar-refractivity contribution in [3.63, 3.8) is 0 Å². The van der Waals surface area contributed by atoms with E-state index in [2.05, 4.69) is 24.1 Å². The van der Waals surface area contributed by atoms with E-state index in [1.807, 2.05) is 6.92 Å². The molecule has 2 rings (SSSR count). The molecule has 1 aromatic heterocycles. The number of nitrogens with one attached hydrogen (secondary N) is 1. The van der Waals surface area contributed by atoms with Crippen LogP contribution in [0.1, 0.15) is 44.9 Å². The van der Waals surface area contributed by atoms with E-state index in [1.165, 1.54) is 23.5 Å². The fourth-order valence-corrected chi connectivity index (χ4v) is 3.29. The van der Waals surface area contributed by atoms with Gasteiger partial charge in [-0.2, -0.15) is 13.2 Å². The summed E-state index contributed by atoms with van der Waals surface area (Å²) in [6.45, 7) is 6.27. The zero-order chi connectivity index (χ0) is 19.3. The molecule has 2 aromatic rings. The minimum Gasteiger partial charge on any atom is -0.353 e. The van der Waals surface area contributed by atoms with E-state index in [9.17, 15) is 18.0 Å². The lowest BCUT2D eigenvalue weighted by molar-refractivity contribution is -0.137. The van der Waals surface area contributed by atoms with Gasteiger partial charge in [-0.05, 0) is 37.8 Å². The van der Waals surface area contributed by atoms with Crippen molar-refractivity contribution in [2.24, 2.45) is 5.92 Å². The third-order valence-corrected chi connectivity index (χ3v) is 4.88. The molecule has 7 heteroatoms. The van der Waals surface area contributed by atoms with Gasteiger partial charge >= 0.3 is 6.18 Å². The molecule has 0 aliphatic carbocycles. The second kappa shape index (κ2) is 8.66. The molecular weight excluding hydrogens is 361 g/mol. The molecule has 0 aliphatic rings. The summed E-state index contributed by atoms with van der Waals surface area (Å²) in [7, 11) is 0. The first-order valence-electron chi connectivity index (χ1n) is 8.56. The maximum atomic E-state index is 12.6. The first-order valence-corrected chi connectivity index (χ1v) is 9.44. The minimum atomic E-state index is -4.35. The highest BCUT2D eigenvalue weighted by Crippen LogP contribution is 2.31. The molecule has 0 bridgehead atoms. The van der Waals surface area contributed by atoms with Crippen LogP contribution in [0, 0.1) is 5.92 Å². The molecule has 1 atom stereocenters. The first-order chi connectivity index (χ1) is 12.1. The van der Waals surface area contributed by atoms with Crippen molar-refractivity contribution < 1.29 is 18.0 Å². The lowest BCUT2D eigenvalue weighted by atomic mass is 10.0. The fourth-order valence-electron chi connectivity index (χ4n) is 2.47. The highest BCUT2D eigenvalue weighted by atomic mass is 32.1. The van der Waals surface area contributed by atoms with E-state index in [-0.39, 0.29) is 18.4 Å². The van der Waals surface area contributed by atoms with Gasteiger partial charge in [-0.15, -0.1) is 11.3 Å². The Morgan fingerprint density at radius 1 is 1.15 bits per heavy atom. The number of amides is 1. The van der Waals surface area contributed by atoms with Gasteiger partial charge in [0.2, 0.25) is 5.91 Å². The zero-order valence-electron chi connectivity index (χ0n) is 15.1. The number of hydrogen-bond acceptors (Lipinski definition) is 3. The third kappa shape index (κ3) is 6.12. The second-order valence-electron chi connectivity index (χ2n) is 6.84. The molecule has 0 saturated heterocycles. The number of benzene rings is 1. The van der Waals surface area contributed by atoms with Crippen LogP contribution in [0.15, 0.2) is 29.6 Å². The molecule has 0 saturated carbocycles. The van der Waals surface area contributed by atoms with E-state index < -0.39 is 11.7 Å². The smallest absolute Gasteiger partial charge is 0.353 e. The first kappa shape index (κ1) is 20.4. The van der Waals surface area contributed by atoms with E-state index >= 15 is 0 Å². The van der Waals surface area contributed by atoms with E-state index in [0.29, 0.717) is 22.2 Å². The van der Waals surface area contributed by atoms with Gasteiger partial charge in [-0.25, -0.2) is 4.98 Å². The average Bonchev–Trinajstić information content (AvgIpc) is 3.00. The number of hydrogen-bond donors (Lipinski definition) is 1. The summed E-state index contributed by atoms with van der Waals surface area (Å²) in [6.07, 6.45) is -2.20. The quantitative estimate of drug-likeness (QED) is 0.703. The Hall–Kier alpha value is -1.89. The summed E-state index contributed by atoms with van der Waals surface area (Å²) >= 11 is 1.32. The largest absolute Gasteiger partial charge is 0.416 e. The highest BCUT2D eigenvalue weighted by Gasteiger charge is 2.30. The van der Waals surface area contributed by atoms with Crippen LogP contribution in [0.25, 0.3) is 10.6 Å². The maximum Gasteiger partial charge on any atom is 0.416 e. The van der Waals surface area contributed by atoms with Crippen LogP contribution in [-0.4, -0.2) is 16.9 Å². The summed E-state index contributed by atoms with van der Waals surface area (Å²) < 4.78 is 37.8. The lowest BCUT2D eigenvalue weighted by Gasteiger charge is -2.14. The molecule has 1 amide bonds. The van der Waals surface area contributed by atoms with Crippen molar-refractivity contribution in [1.82, 2.24) is 10.3 Å². The van der Waals surface area contributed by atoms with Gasteiger partial charge in [0.25, 0.3) is 0 Å². The van der Waals surface area contributed by atoms with Gasteiger partial charge < -0.3 is 5.32 Å². The normalized spacial score (nSPS) is 13.0. The Labute approximate surface area is 155 Å². The van der Waals surface area contributed by atoms with Crippen LogP contribution in [0.5, 0.6) is 0 Å². The molecule has 0 aliphatic heterocycles. The number of alkyl halides is 3. The molecule has 0 spiro atoms. The standard InChI is InChI=1S/C19H23F3N2OS/c1-12(2)4-5-13(3)23-17(25)10-16-11-26-18(24-16)14-6-8-15(9-7-14)19(20,21)22/h6-9,11-13H,4-5,10H2,1-3H3,(H,23,25). The zero-order valence-corrected chi connectivity index (χ0v) is 15.9. The number of halogens is 3. The lowest BCUT2D eigenvalue weighted by Crippen LogP contribution is -2.33. The van der Waals surface area contributed by atoms with Crippen molar-refractivity contribution in [2.45, 2.75) is 52.3 Å². The molecule has 142 valence electrons. The van der Waals surface area contributed by atoms with E-state index in [1.54, 1.807) is 5.38 Å². The fraction of sp³-hybridized carbons (Fsp3) is 0.474. The molecule has 26 heavy (non-hydrogen) atoms. The van der Waals surface area contributed by atoms with E-state index in [4.69, 9.17) is 0 Å². The number of rotatable bonds is 7.